The normalized spacial score (nSPS) is 21.6. The van der Waals surface area contributed by atoms with Crippen LogP contribution in [0.25, 0.3) is 0 Å². The zero-order chi connectivity index (χ0) is 8.32. The van der Waals surface area contributed by atoms with Gasteiger partial charge in [0.1, 0.15) is 0 Å². The summed E-state index contributed by atoms with van der Waals surface area (Å²) in [6.07, 6.45) is 2.63. The molecule has 0 aromatic heterocycles. The first-order chi connectivity index (χ1) is 5.19. The Morgan fingerprint density at radius 3 is 2.45 bits per heavy atom. The van der Waals surface area contributed by atoms with Gasteiger partial charge in [0.2, 0.25) is 0 Å². The third kappa shape index (κ3) is 1.71. The Morgan fingerprint density at radius 2 is 2.00 bits per heavy atom. The summed E-state index contributed by atoms with van der Waals surface area (Å²) in [5, 5.41) is 11.5. The monoisotopic (exact) mass is 157 g/mol. The summed E-state index contributed by atoms with van der Waals surface area (Å²) < 4.78 is 4.68. The molecule has 1 aliphatic carbocycles. The molecule has 1 aliphatic rings. The van der Waals surface area contributed by atoms with Crippen LogP contribution in [0.5, 0.6) is 0 Å². The van der Waals surface area contributed by atoms with Crippen molar-refractivity contribution in [1.29, 1.82) is 0 Å². The molecule has 0 spiro atoms. The van der Waals surface area contributed by atoms with Gasteiger partial charge >= 0.3 is 5.97 Å². The number of rotatable bonds is 2. The van der Waals surface area contributed by atoms with E-state index in [1.54, 1.807) is 6.92 Å². The lowest BCUT2D eigenvalue weighted by atomic mass is 10.0. The van der Waals surface area contributed by atoms with Crippen LogP contribution in [0, 0.1) is 0 Å². The highest BCUT2D eigenvalue weighted by molar-refractivity contribution is 5.79. The fourth-order valence-corrected chi connectivity index (χ4v) is 1.41. The van der Waals surface area contributed by atoms with Crippen LogP contribution in [-0.2, 0) is 14.6 Å². The van der Waals surface area contributed by atoms with Crippen molar-refractivity contribution < 1.29 is 14.6 Å². The van der Waals surface area contributed by atoms with Gasteiger partial charge in [-0.25, -0.2) is 9.90 Å². The van der Waals surface area contributed by atoms with Crippen LogP contribution in [0.4, 0.5) is 0 Å². The van der Waals surface area contributed by atoms with Crippen LogP contribution in [0.1, 0.15) is 32.6 Å². The summed E-state index contributed by atoms with van der Waals surface area (Å²) in [6, 6.07) is 0. The lowest BCUT2D eigenvalue weighted by Crippen LogP contribution is -2.35. The first-order valence-electron chi connectivity index (χ1n) is 4.07. The lowest BCUT2D eigenvalue weighted by Gasteiger charge is -2.15. The highest BCUT2D eigenvalue weighted by atomic mass is 16.5. The van der Waals surface area contributed by atoms with E-state index in [1.807, 2.05) is 0 Å². The molecule has 1 saturated carbocycles. The molecule has 0 N–H and O–H groups in total. The Bertz CT molecular complexity index is 147. The van der Waals surface area contributed by atoms with E-state index in [1.165, 1.54) is 0 Å². The summed E-state index contributed by atoms with van der Waals surface area (Å²) in [6.45, 7) is 2.03. The predicted molar refractivity (Wildman–Crippen MR) is 38.5 cm³/mol. The number of hydrogen-bond acceptors (Lipinski definition) is 2. The van der Waals surface area contributed by atoms with Crippen molar-refractivity contribution in [2.75, 3.05) is 6.61 Å². The number of carbonyl (C=O) groups is 1. The van der Waals surface area contributed by atoms with Gasteiger partial charge < -0.3 is 4.74 Å². The Labute approximate surface area is 66.4 Å². The Balaban J connectivity index is 2.49. The van der Waals surface area contributed by atoms with Gasteiger partial charge in [0.15, 0.2) is 5.60 Å². The Kier molecular flexibility index (Phi) is 2.49. The van der Waals surface area contributed by atoms with Crippen molar-refractivity contribution >= 4 is 5.97 Å². The van der Waals surface area contributed by atoms with Crippen molar-refractivity contribution in [3.8, 4) is 0 Å². The molecule has 0 atom stereocenters. The smallest absolute Gasteiger partial charge is 0.341 e. The predicted octanol–water partition coefficient (Wildman–Crippen LogP) is 1.29. The first kappa shape index (κ1) is 8.53. The SMILES string of the molecule is CCOC(=O)C1([O])CCCC1. The minimum absolute atomic E-state index is 0.308. The number of hydrogen-bond donors (Lipinski definition) is 0. The maximum Gasteiger partial charge on any atom is 0.341 e. The van der Waals surface area contributed by atoms with Gasteiger partial charge in [-0.3, -0.25) is 0 Å². The van der Waals surface area contributed by atoms with Crippen molar-refractivity contribution in [1.82, 2.24) is 0 Å². The van der Waals surface area contributed by atoms with Gasteiger partial charge in [0, 0.05) is 0 Å². The zero-order valence-electron chi connectivity index (χ0n) is 6.76. The van der Waals surface area contributed by atoms with Gasteiger partial charge in [-0.2, -0.15) is 0 Å². The van der Waals surface area contributed by atoms with Crippen molar-refractivity contribution in [2.45, 2.75) is 38.2 Å². The second-order valence-corrected chi connectivity index (χ2v) is 2.92. The van der Waals surface area contributed by atoms with Crippen LogP contribution in [0.3, 0.4) is 0 Å². The molecule has 3 heteroatoms. The summed E-state index contributed by atoms with van der Waals surface area (Å²) in [5.74, 6) is -0.558. The number of carbonyl (C=O) groups excluding carboxylic acids is 1. The minimum Gasteiger partial charge on any atom is -0.464 e. The van der Waals surface area contributed by atoms with E-state index in [-0.39, 0.29) is 0 Å². The maximum absolute atomic E-state index is 11.5. The fraction of sp³-hybridized carbons (Fsp3) is 0.875. The highest BCUT2D eigenvalue weighted by Gasteiger charge is 2.42. The van der Waals surface area contributed by atoms with Crippen LogP contribution >= 0.6 is 0 Å². The molecular weight excluding hydrogens is 144 g/mol. The van der Waals surface area contributed by atoms with E-state index in [4.69, 9.17) is 0 Å². The number of esters is 1. The first-order valence-corrected chi connectivity index (χ1v) is 4.07. The average Bonchev–Trinajstić information content (AvgIpc) is 2.38. The van der Waals surface area contributed by atoms with Crippen LogP contribution < -0.4 is 0 Å². The second kappa shape index (κ2) is 3.22. The lowest BCUT2D eigenvalue weighted by molar-refractivity contribution is -0.171. The fourth-order valence-electron chi connectivity index (χ4n) is 1.41. The van der Waals surface area contributed by atoms with Gasteiger partial charge in [0.05, 0.1) is 6.61 Å². The van der Waals surface area contributed by atoms with Gasteiger partial charge in [0.25, 0.3) is 0 Å². The second-order valence-electron chi connectivity index (χ2n) is 2.92. The van der Waals surface area contributed by atoms with Gasteiger partial charge in [-0.15, -0.1) is 0 Å². The van der Waals surface area contributed by atoms with Gasteiger partial charge in [-0.05, 0) is 32.6 Å². The third-order valence-corrected chi connectivity index (χ3v) is 2.06. The molecule has 0 aromatic carbocycles. The van der Waals surface area contributed by atoms with Gasteiger partial charge in [-0.1, -0.05) is 0 Å². The summed E-state index contributed by atoms with van der Waals surface area (Å²) in [4.78, 5) is 11.0. The molecule has 0 unspecified atom stereocenters. The van der Waals surface area contributed by atoms with Crippen LogP contribution in [0.2, 0.25) is 0 Å². The summed E-state index contributed by atoms with van der Waals surface area (Å²) >= 11 is 0. The quantitative estimate of drug-likeness (QED) is 0.567. The Hall–Kier alpha value is -0.570. The van der Waals surface area contributed by atoms with Crippen molar-refractivity contribution in [2.24, 2.45) is 0 Å². The van der Waals surface area contributed by atoms with E-state index in [0.717, 1.165) is 12.8 Å². The molecule has 0 saturated heterocycles. The molecule has 0 aromatic rings. The maximum atomic E-state index is 11.5. The third-order valence-electron chi connectivity index (χ3n) is 2.06. The largest absolute Gasteiger partial charge is 0.464 e. The minimum atomic E-state index is -1.41. The Morgan fingerprint density at radius 1 is 1.45 bits per heavy atom. The number of ether oxygens (including phenoxy) is 1. The summed E-state index contributed by atoms with van der Waals surface area (Å²) in [7, 11) is 0. The van der Waals surface area contributed by atoms with E-state index in [9.17, 15) is 9.90 Å². The molecule has 0 amide bonds. The molecule has 1 rings (SSSR count). The van der Waals surface area contributed by atoms with E-state index in [0.29, 0.717) is 19.4 Å². The molecule has 1 radical (unpaired) electrons. The zero-order valence-corrected chi connectivity index (χ0v) is 6.76. The molecule has 1 fully saturated rings. The molecule has 0 bridgehead atoms. The molecule has 0 heterocycles. The van der Waals surface area contributed by atoms with E-state index >= 15 is 0 Å². The standard InChI is InChI=1S/C8H13O3/c1-2-11-7(9)8(10)5-3-4-6-8/h2-6H2,1H3. The van der Waals surface area contributed by atoms with Crippen molar-refractivity contribution in [3.05, 3.63) is 0 Å². The molecule has 3 nitrogen and oxygen atoms in total. The molecule has 11 heavy (non-hydrogen) atoms. The molecule has 63 valence electrons. The molecule has 0 aliphatic heterocycles. The molecular formula is C8H13O3. The van der Waals surface area contributed by atoms with E-state index in [2.05, 4.69) is 4.74 Å². The van der Waals surface area contributed by atoms with Crippen LogP contribution in [0.15, 0.2) is 0 Å². The topological polar surface area (TPSA) is 46.2 Å². The highest BCUT2D eigenvalue weighted by Crippen LogP contribution is 2.31. The van der Waals surface area contributed by atoms with Crippen molar-refractivity contribution in [3.63, 3.8) is 0 Å². The summed E-state index contributed by atoms with van der Waals surface area (Å²) in [5.41, 5.74) is -1.41. The van der Waals surface area contributed by atoms with Crippen LogP contribution in [-0.4, -0.2) is 18.2 Å². The van der Waals surface area contributed by atoms with E-state index < -0.39 is 11.6 Å². The average molecular weight is 157 g/mol.